The Morgan fingerprint density at radius 2 is 1.96 bits per heavy atom. The predicted molar refractivity (Wildman–Crippen MR) is 101 cm³/mol. The van der Waals surface area contributed by atoms with Gasteiger partial charge in [0.1, 0.15) is 0 Å². The zero-order valence-corrected chi connectivity index (χ0v) is 15.3. The molecule has 25 heavy (non-hydrogen) atoms. The van der Waals surface area contributed by atoms with Crippen molar-refractivity contribution >= 4 is 51.7 Å². The SMILES string of the molecule is O=C(COC(=O)c1ccc2c(c1)CCC(=O)N2)Nc1ccccc1I. The summed E-state index contributed by atoms with van der Waals surface area (Å²) in [5, 5.41) is 5.45. The van der Waals surface area contributed by atoms with E-state index in [1.54, 1.807) is 24.3 Å². The van der Waals surface area contributed by atoms with Gasteiger partial charge in [0.25, 0.3) is 5.91 Å². The van der Waals surface area contributed by atoms with Gasteiger partial charge in [-0.1, -0.05) is 12.1 Å². The molecule has 128 valence electrons. The molecule has 2 aromatic carbocycles. The van der Waals surface area contributed by atoms with E-state index in [2.05, 4.69) is 33.2 Å². The average Bonchev–Trinajstić information content (AvgIpc) is 2.61. The molecule has 0 aromatic heterocycles. The molecule has 0 fully saturated rings. The molecular formula is C18H15IN2O4. The minimum absolute atomic E-state index is 0.0324. The monoisotopic (exact) mass is 450 g/mol. The third-order valence-electron chi connectivity index (χ3n) is 3.72. The highest BCUT2D eigenvalue weighted by atomic mass is 127. The Bertz CT molecular complexity index is 851. The summed E-state index contributed by atoms with van der Waals surface area (Å²) in [4.78, 5) is 35.4. The molecule has 0 unspecified atom stereocenters. The van der Waals surface area contributed by atoms with Gasteiger partial charge < -0.3 is 15.4 Å². The van der Waals surface area contributed by atoms with Gasteiger partial charge in [-0.25, -0.2) is 4.79 Å². The Morgan fingerprint density at radius 1 is 1.16 bits per heavy atom. The summed E-state index contributed by atoms with van der Waals surface area (Å²) in [6.45, 7) is -0.363. The number of esters is 1. The number of benzene rings is 2. The normalized spacial score (nSPS) is 12.8. The Hall–Kier alpha value is -2.42. The fraction of sp³-hybridized carbons (Fsp3) is 0.167. The van der Waals surface area contributed by atoms with Crippen LogP contribution in [0.25, 0.3) is 0 Å². The number of rotatable bonds is 4. The summed E-state index contributed by atoms with van der Waals surface area (Å²) in [7, 11) is 0. The van der Waals surface area contributed by atoms with Gasteiger partial charge in [-0.15, -0.1) is 0 Å². The lowest BCUT2D eigenvalue weighted by molar-refractivity contribution is -0.119. The second-order valence-electron chi connectivity index (χ2n) is 5.52. The van der Waals surface area contributed by atoms with Crippen molar-refractivity contribution in [3.05, 3.63) is 57.2 Å². The maximum atomic E-state index is 12.1. The van der Waals surface area contributed by atoms with Gasteiger partial charge in [0.05, 0.1) is 11.3 Å². The highest BCUT2D eigenvalue weighted by molar-refractivity contribution is 14.1. The van der Waals surface area contributed by atoms with E-state index in [-0.39, 0.29) is 12.5 Å². The molecule has 2 N–H and O–H groups in total. The first-order valence-electron chi connectivity index (χ1n) is 7.67. The van der Waals surface area contributed by atoms with E-state index in [1.165, 1.54) is 0 Å². The zero-order chi connectivity index (χ0) is 17.8. The molecule has 0 atom stereocenters. The third-order valence-corrected chi connectivity index (χ3v) is 4.66. The number of carbonyl (C=O) groups excluding carboxylic acids is 3. The Balaban J connectivity index is 1.58. The molecule has 2 amide bonds. The first-order valence-corrected chi connectivity index (χ1v) is 8.75. The summed E-state index contributed by atoms with van der Waals surface area (Å²) in [6.07, 6.45) is 0.971. The summed E-state index contributed by atoms with van der Waals surface area (Å²) < 4.78 is 5.97. The van der Waals surface area contributed by atoms with Crippen molar-refractivity contribution in [3.63, 3.8) is 0 Å². The Labute approximate surface area is 158 Å². The largest absolute Gasteiger partial charge is 0.452 e. The van der Waals surface area contributed by atoms with Crippen molar-refractivity contribution in [1.29, 1.82) is 0 Å². The van der Waals surface area contributed by atoms with Crippen molar-refractivity contribution in [2.75, 3.05) is 17.2 Å². The van der Waals surface area contributed by atoms with Crippen molar-refractivity contribution in [2.45, 2.75) is 12.8 Å². The number of fused-ring (bicyclic) bond motifs is 1. The fourth-order valence-corrected chi connectivity index (χ4v) is 3.00. The van der Waals surface area contributed by atoms with Crippen LogP contribution in [0.5, 0.6) is 0 Å². The molecule has 0 bridgehead atoms. The molecule has 0 saturated carbocycles. The van der Waals surface area contributed by atoms with Crippen LogP contribution in [0.1, 0.15) is 22.3 Å². The lowest BCUT2D eigenvalue weighted by Gasteiger charge is -2.17. The van der Waals surface area contributed by atoms with Gasteiger partial charge in [0.2, 0.25) is 5.91 Å². The van der Waals surface area contributed by atoms with Crippen LogP contribution in [0.2, 0.25) is 0 Å². The van der Waals surface area contributed by atoms with E-state index >= 15 is 0 Å². The number of nitrogens with one attached hydrogen (secondary N) is 2. The molecule has 0 spiro atoms. The number of hydrogen-bond donors (Lipinski definition) is 2. The van der Waals surface area contributed by atoms with Gasteiger partial charge in [0, 0.05) is 15.7 Å². The van der Waals surface area contributed by atoms with E-state index in [1.807, 2.05) is 18.2 Å². The molecule has 1 aliphatic rings. The quantitative estimate of drug-likeness (QED) is 0.555. The molecule has 1 heterocycles. The molecular weight excluding hydrogens is 435 g/mol. The predicted octanol–water partition coefficient (Wildman–Crippen LogP) is 2.97. The summed E-state index contributed by atoms with van der Waals surface area (Å²) >= 11 is 2.11. The summed E-state index contributed by atoms with van der Waals surface area (Å²) in [5.41, 5.74) is 2.63. The number of para-hydroxylation sites is 1. The lowest BCUT2D eigenvalue weighted by Crippen LogP contribution is -2.22. The zero-order valence-electron chi connectivity index (χ0n) is 13.2. The molecule has 1 aliphatic heterocycles. The van der Waals surface area contributed by atoms with Gasteiger partial charge in [-0.2, -0.15) is 0 Å². The van der Waals surface area contributed by atoms with Crippen molar-refractivity contribution in [2.24, 2.45) is 0 Å². The van der Waals surface area contributed by atoms with Crippen molar-refractivity contribution in [3.8, 4) is 0 Å². The average molecular weight is 450 g/mol. The third kappa shape index (κ3) is 4.36. The van der Waals surface area contributed by atoms with Crippen LogP contribution in [-0.4, -0.2) is 24.4 Å². The van der Waals surface area contributed by atoms with Crippen LogP contribution in [0.15, 0.2) is 42.5 Å². The van der Waals surface area contributed by atoms with Crippen LogP contribution in [0.3, 0.4) is 0 Å². The van der Waals surface area contributed by atoms with Gasteiger partial charge in [-0.05, 0) is 64.9 Å². The second kappa shape index (κ2) is 7.64. The molecule has 0 saturated heterocycles. The van der Waals surface area contributed by atoms with Crippen molar-refractivity contribution < 1.29 is 19.1 Å². The summed E-state index contributed by atoms with van der Waals surface area (Å²) in [5.74, 6) is -1.00. The van der Waals surface area contributed by atoms with Gasteiger partial charge in [-0.3, -0.25) is 9.59 Å². The minimum Gasteiger partial charge on any atom is -0.452 e. The van der Waals surface area contributed by atoms with E-state index in [9.17, 15) is 14.4 Å². The number of ether oxygens (including phenoxy) is 1. The topological polar surface area (TPSA) is 84.5 Å². The van der Waals surface area contributed by atoms with Crippen LogP contribution in [-0.2, 0) is 20.7 Å². The standard InChI is InChI=1S/C18H15IN2O4/c19-13-3-1-2-4-15(13)21-17(23)10-25-18(24)12-5-7-14-11(9-12)6-8-16(22)20-14/h1-5,7,9H,6,8,10H2,(H,20,22)(H,21,23). The van der Waals surface area contributed by atoms with Gasteiger partial charge >= 0.3 is 5.97 Å². The Kier molecular flexibility index (Phi) is 5.32. The molecule has 7 heteroatoms. The lowest BCUT2D eigenvalue weighted by atomic mass is 10.0. The van der Waals surface area contributed by atoms with Crippen LogP contribution in [0.4, 0.5) is 11.4 Å². The van der Waals surface area contributed by atoms with E-state index in [0.717, 1.165) is 9.13 Å². The number of amides is 2. The first kappa shape index (κ1) is 17.4. The molecule has 3 rings (SSSR count). The number of halogens is 1. The van der Waals surface area contributed by atoms with Crippen molar-refractivity contribution in [1.82, 2.24) is 0 Å². The molecule has 0 aliphatic carbocycles. The van der Waals surface area contributed by atoms with Crippen LogP contribution < -0.4 is 10.6 Å². The van der Waals surface area contributed by atoms with Crippen LogP contribution in [0, 0.1) is 3.57 Å². The Morgan fingerprint density at radius 3 is 2.76 bits per heavy atom. The van der Waals surface area contributed by atoms with Gasteiger partial charge in [0.15, 0.2) is 6.61 Å². The fourth-order valence-electron chi connectivity index (χ4n) is 2.47. The second-order valence-corrected chi connectivity index (χ2v) is 6.69. The maximum Gasteiger partial charge on any atom is 0.338 e. The maximum absolute atomic E-state index is 12.1. The number of carbonyl (C=O) groups is 3. The number of anilines is 2. The molecule has 6 nitrogen and oxygen atoms in total. The highest BCUT2D eigenvalue weighted by Crippen LogP contribution is 2.24. The smallest absolute Gasteiger partial charge is 0.338 e. The minimum atomic E-state index is -0.572. The highest BCUT2D eigenvalue weighted by Gasteiger charge is 2.18. The van der Waals surface area contributed by atoms with Crippen LogP contribution >= 0.6 is 22.6 Å². The van der Waals surface area contributed by atoms with E-state index in [0.29, 0.717) is 29.8 Å². The van der Waals surface area contributed by atoms with E-state index in [4.69, 9.17) is 4.74 Å². The first-order chi connectivity index (χ1) is 12.0. The summed E-state index contributed by atoms with van der Waals surface area (Å²) in [6, 6.07) is 12.3. The van der Waals surface area contributed by atoms with E-state index < -0.39 is 11.9 Å². The number of aryl methyl sites for hydroxylation is 1. The molecule has 0 radical (unpaired) electrons. The molecule has 2 aromatic rings. The number of hydrogen-bond acceptors (Lipinski definition) is 4.